The fraction of sp³-hybridized carbons (Fsp3) is 0.200. The minimum Gasteiger partial charge on any atom is -0.422 e. The van der Waals surface area contributed by atoms with Crippen molar-refractivity contribution in [3.8, 4) is 0 Å². The number of hydrogen-bond donors (Lipinski definition) is 0. The van der Waals surface area contributed by atoms with E-state index < -0.39 is 5.63 Å². The van der Waals surface area contributed by atoms with Gasteiger partial charge in [0.25, 0.3) is 5.91 Å². The number of fused-ring (bicyclic) bond motifs is 1. The molecule has 1 saturated heterocycles. The first-order chi connectivity index (χ1) is 12.5. The summed E-state index contributed by atoms with van der Waals surface area (Å²) in [4.78, 5) is 27.2. The van der Waals surface area contributed by atoms with Crippen LogP contribution in [0.1, 0.15) is 26.9 Å². The van der Waals surface area contributed by atoms with Crippen LogP contribution in [0.5, 0.6) is 0 Å². The lowest BCUT2D eigenvalue weighted by molar-refractivity contribution is 0.0756. The van der Waals surface area contributed by atoms with E-state index in [4.69, 9.17) is 4.42 Å². The second-order valence-electron chi connectivity index (χ2n) is 6.26. The molecule has 3 aromatic rings. The van der Waals surface area contributed by atoms with Crippen LogP contribution >= 0.6 is 27.7 Å². The molecule has 4 rings (SSSR count). The van der Waals surface area contributed by atoms with Crippen molar-refractivity contribution in [2.75, 3.05) is 12.3 Å². The number of halogens is 1. The first-order valence-corrected chi connectivity index (χ1v) is 10.1. The highest BCUT2D eigenvalue weighted by Gasteiger charge is 2.32. The Morgan fingerprint density at radius 3 is 2.73 bits per heavy atom. The van der Waals surface area contributed by atoms with Gasteiger partial charge < -0.3 is 9.32 Å². The lowest BCUT2D eigenvalue weighted by Crippen LogP contribution is -2.33. The van der Waals surface area contributed by atoms with Crippen LogP contribution in [0.15, 0.2) is 62.2 Å². The van der Waals surface area contributed by atoms with Crippen LogP contribution in [0.3, 0.4) is 0 Å². The molecule has 1 aromatic heterocycles. The van der Waals surface area contributed by atoms with E-state index in [1.165, 1.54) is 5.56 Å². The van der Waals surface area contributed by atoms with Crippen molar-refractivity contribution in [2.24, 2.45) is 0 Å². The third-order valence-electron chi connectivity index (χ3n) is 4.44. The van der Waals surface area contributed by atoms with Gasteiger partial charge in [0.15, 0.2) is 0 Å². The molecule has 1 aliphatic rings. The van der Waals surface area contributed by atoms with Crippen LogP contribution in [-0.4, -0.2) is 23.1 Å². The molecule has 1 unspecified atom stereocenters. The zero-order valence-corrected chi connectivity index (χ0v) is 16.5. The van der Waals surface area contributed by atoms with Crippen LogP contribution in [0, 0.1) is 6.92 Å². The maximum Gasteiger partial charge on any atom is 0.349 e. The molecule has 2 heterocycles. The van der Waals surface area contributed by atoms with Crippen LogP contribution in [-0.2, 0) is 0 Å². The molecule has 1 fully saturated rings. The molecule has 0 spiro atoms. The summed E-state index contributed by atoms with van der Waals surface area (Å²) in [6, 6.07) is 15.1. The Bertz CT molecular complexity index is 1050. The summed E-state index contributed by atoms with van der Waals surface area (Å²) in [6.45, 7) is 2.64. The largest absolute Gasteiger partial charge is 0.422 e. The lowest BCUT2D eigenvalue weighted by atomic mass is 10.1. The summed E-state index contributed by atoms with van der Waals surface area (Å²) in [5, 5.41) is 0.641. The smallest absolute Gasteiger partial charge is 0.349 e. The second-order valence-corrected chi connectivity index (χ2v) is 8.37. The first kappa shape index (κ1) is 17.4. The van der Waals surface area contributed by atoms with Gasteiger partial charge in [0, 0.05) is 22.2 Å². The van der Waals surface area contributed by atoms with Crippen molar-refractivity contribution in [2.45, 2.75) is 12.3 Å². The number of carbonyl (C=O) groups is 1. The molecule has 4 nitrogen and oxygen atoms in total. The highest BCUT2D eigenvalue weighted by Crippen LogP contribution is 2.38. The number of aryl methyl sites for hydroxylation is 1. The van der Waals surface area contributed by atoms with Gasteiger partial charge in [-0.25, -0.2) is 4.79 Å². The molecule has 6 heteroatoms. The van der Waals surface area contributed by atoms with Gasteiger partial charge in [-0.1, -0.05) is 45.8 Å². The minimum absolute atomic E-state index is 0.0789. The quantitative estimate of drug-likeness (QED) is 0.551. The van der Waals surface area contributed by atoms with Gasteiger partial charge in [-0.15, -0.1) is 11.8 Å². The Labute approximate surface area is 163 Å². The Morgan fingerprint density at radius 1 is 1.19 bits per heavy atom. The molecule has 132 valence electrons. The lowest BCUT2D eigenvalue weighted by Gasteiger charge is -2.24. The number of amides is 1. The number of benzene rings is 2. The predicted molar refractivity (Wildman–Crippen MR) is 108 cm³/mol. The fourth-order valence-electron chi connectivity index (χ4n) is 3.08. The molecule has 1 aliphatic heterocycles. The van der Waals surface area contributed by atoms with E-state index in [0.29, 0.717) is 12.1 Å². The van der Waals surface area contributed by atoms with E-state index in [1.54, 1.807) is 34.9 Å². The molecule has 1 atom stereocenters. The molecule has 0 N–H and O–H groups in total. The van der Waals surface area contributed by atoms with Crippen LogP contribution in [0.4, 0.5) is 0 Å². The Morgan fingerprint density at radius 2 is 1.96 bits per heavy atom. The van der Waals surface area contributed by atoms with Crippen molar-refractivity contribution in [1.29, 1.82) is 0 Å². The normalized spacial score (nSPS) is 17.0. The summed E-state index contributed by atoms with van der Waals surface area (Å²) >= 11 is 5.12. The maximum absolute atomic E-state index is 13.1. The fourth-order valence-corrected chi connectivity index (χ4v) is 4.72. The molecule has 1 amide bonds. The van der Waals surface area contributed by atoms with Crippen LogP contribution < -0.4 is 5.63 Å². The van der Waals surface area contributed by atoms with Crippen molar-refractivity contribution in [3.63, 3.8) is 0 Å². The highest BCUT2D eigenvalue weighted by molar-refractivity contribution is 9.10. The van der Waals surface area contributed by atoms with Crippen molar-refractivity contribution in [1.82, 2.24) is 4.90 Å². The maximum atomic E-state index is 13.1. The third kappa shape index (κ3) is 3.19. The van der Waals surface area contributed by atoms with Crippen molar-refractivity contribution >= 4 is 44.6 Å². The summed E-state index contributed by atoms with van der Waals surface area (Å²) in [5.74, 6) is 0.561. The Hall–Kier alpha value is -2.05. The SMILES string of the molecule is Cc1ccc(C2SCCN2C(=O)c2cc3cc(Br)ccc3oc2=O)cc1. The van der Waals surface area contributed by atoms with Gasteiger partial charge in [-0.3, -0.25) is 4.79 Å². The predicted octanol–water partition coefficient (Wildman–Crippen LogP) is 4.75. The van der Waals surface area contributed by atoms with Gasteiger partial charge in [0.1, 0.15) is 16.5 Å². The molecule has 0 radical (unpaired) electrons. The third-order valence-corrected chi connectivity index (χ3v) is 6.19. The molecule has 0 bridgehead atoms. The summed E-state index contributed by atoms with van der Waals surface area (Å²) in [6.07, 6.45) is 0. The van der Waals surface area contributed by atoms with E-state index in [0.717, 1.165) is 21.2 Å². The summed E-state index contributed by atoms with van der Waals surface area (Å²) in [5.41, 5.74) is 2.20. The topological polar surface area (TPSA) is 50.5 Å². The van der Waals surface area contributed by atoms with Crippen LogP contribution in [0.2, 0.25) is 0 Å². The van der Waals surface area contributed by atoms with Gasteiger partial charge in [0.05, 0.1) is 0 Å². The first-order valence-electron chi connectivity index (χ1n) is 8.25. The average Bonchev–Trinajstić information content (AvgIpc) is 3.11. The second kappa shape index (κ2) is 6.93. The van der Waals surface area contributed by atoms with Crippen molar-refractivity contribution < 1.29 is 9.21 Å². The number of carbonyl (C=O) groups excluding carboxylic acids is 1. The van der Waals surface area contributed by atoms with Gasteiger partial charge in [-0.05, 0) is 36.8 Å². The van der Waals surface area contributed by atoms with E-state index >= 15 is 0 Å². The average molecular weight is 430 g/mol. The number of thioether (sulfide) groups is 1. The zero-order valence-electron chi connectivity index (χ0n) is 14.1. The van der Waals surface area contributed by atoms with E-state index in [1.807, 2.05) is 37.3 Å². The minimum atomic E-state index is -0.593. The molecular weight excluding hydrogens is 414 g/mol. The monoisotopic (exact) mass is 429 g/mol. The number of nitrogens with zero attached hydrogens (tertiary/aromatic N) is 1. The zero-order chi connectivity index (χ0) is 18.3. The molecule has 0 saturated carbocycles. The van der Waals surface area contributed by atoms with Crippen LogP contribution in [0.25, 0.3) is 11.0 Å². The van der Waals surface area contributed by atoms with E-state index in [2.05, 4.69) is 15.9 Å². The van der Waals surface area contributed by atoms with Gasteiger partial charge in [-0.2, -0.15) is 0 Å². The Kier molecular flexibility index (Phi) is 4.63. The van der Waals surface area contributed by atoms with E-state index in [9.17, 15) is 9.59 Å². The molecule has 2 aromatic carbocycles. The van der Waals surface area contributed by atoms with Crippen molar-refractivity contribution in [3.05, 3.63) is 80.1 Å². The molecule has 0 aliphatic carbocycles. The summed E-state index contributed by atoms with van der Waals surface area (Å²) < 4.78 is 6.22. The Balaban J connectivity index is 1.72. The standard InChI is InChI=1S/C20H16BrNO3S/c1-12-2-4-13(5-3-12)19-22(8-9-26-19)18(23)16-11-14-10-15(21)6-7-17(14)25-20(16)24/h2-7,10-11,19H,8-9H2,1H3. The molecule has 26 heavy (non-hydrogen) atoms. The van der Waals surface area contributed by atoms with E-state index in [-0.39, 0.29) is 16.8 Å². The number of hydrogen-bond acceptors (Lipinski definition) is 4. The van der Waals surface area contributed by atoms with Gasteiger partial charge >= 0.3 is 5.63 Å². The molecular formula is C20H16BrNO3S. The number of rotatable bonds is 2. The highest BCUT2D eigenvalue weighted by atomic mass is 79.9. The summed E-state index contributed by atoms with van der Waals surface area (Å²) in [7, 11) is 0. The van der Waals surface area contributed by atoms with Gasteiger partial charge in [0.2, 0.25) is 0 Å².